The van der Waals surface area contributed by atoms with E-state index in [0.717, 1.165) is 32.2 Å². The summed E-state index contributed by atoms with van der Waals surface area (Å²) in [5.41, 5.74) is 5.66. The zero-order chi connectivity index (χ0) is 14.7. The fourth-order valence-corrected chi connectivity index (χ4v) is 2.57. The van der Waals surface area contributed by atoms with Crippen molar-refractivity contribution in [3.63, 3.8) is 0 Å². The fraction of sp³-hybridized carbons (Fsp3) is 0.500. The molecule has 0 spiro atoms. The molecule has 0 saturated carbocycles. The monoisotopic (exact) mass is 283 g/mol. The maximum atomic E-state index is 13.8. The molecule has 0 aliphatic carbocycles. The summed E-state index contributed by atoms with van der Waals surface area (Å²) in [4.78, 5) is 15.0. The van der Waals surface area contributed by atoms with Gasteiger partial charge in [-0.05, 0) is 13.0 Å². The van der Waals surface area contributed by atoms with Crippen LogP contribution < -0.4 is 5.73 Å². The number of rotatable bonds is 4. The van der Waals surface area contributed by atoms with Gasteiger partial charge in [0.1, 0.15) is 11.6 Å². The number of benzene rings is 1. The Labute approximate surface area is 117 Å². The first-order chi connectivity index (χ1) is 9.47. The highest BCUT2D eigenvalue weighted by Crippen LogP contribution is 2.24. The number of nitrogens with zero attached hydrogens (tertiary/aromatic N) is 2. The van der Waals surface area contributed by atoms with Crippen LogP contribution in [0.15, 0.2) is 18.2 Å². The van der Waals surface area contributed by atoms with Crippen molar-refractivity contribution in [1.82, 2.24) is 9.80 Å². The zero-order valence-corrected chi connectivity index (χ0v) is 11.5. The average molecular weight is 283 g/mol. The van der Waals surface area contributed by atoms with Crippen LogP contribution >= 0.6 is 0 Å². The van der Waals surface area contributed by atoms with Crippen LogP contribution in [0.2, 0.25) is 0 Å². The highest BCUT2D eigenvalue weighted by molar-refractivity contribution is 5.75. The third-order valence-corrected chi connectivity index (χ3v) is 3.75. The van der Waals surface area contributed by atoms with Crippen LogP contribution in [0.25, 0.3) is 0 Å². The maximum Gasteiger partial charge on any atom is 0.231 e. The molecule has 1 aliphatic rings. The van der Waals surface area contributed by atoms with E-state index in [4.69, 9.17) is 5.73 Å². The first-order valence-corrected chi connectivity index (χ1v) is 6.67. The van der Waals surface area contributed by atoms with Crippen molar-refractivity contribution in [2.75, 3.05) is 32.7 Å². The van der Waals surface area contributed by atoms with Gasteiger partial charge in [0.05, 0.1) is 6.54 Å². The number of primary amides is 1. The van der Waals surface area contributed by atoms with E-state index in [2.05, 4.69) is 4.90 Å². The summed E-state index contributed by atoms with van der Waals surface area (Å²) in [5.74, 6) is -1.42. The van der Waals surface area contributed by atoms with Gasteiger partial charge in [-0.15, -0.1) is 0 Å². The molecule has 1 fully saturated rings. The third kappa shape index (κ3) is 3.52. The van der Waals surface area contributed by atoms with Crippen molar-refractivity contribution in [3.05, 3.63) is 35.4 Å². The topological polar surface area (TPSA) is 49.6 Å². The molecule has 0 aromatic heterocycles. The van der Waals surface area contributed by atoms with Crippen LogP contribution in [0.5, 0.6) is 0 Å². The van der Waals surface area contributed by atoms with E-state index in [9.17, 15) is 13.6 Å². The van der Waals surface area contributed by atoms with Gasteiger partial charge in [-0.3, -0.25) is 14.6 Å². The Kier molecular flexibility index (Phi) is 4.67. The number of halogens is 2. The Morgan fingerprint density at radius 3 is 2.50 bits per heavy atom. The molecule has 2 rings (SSSR count). The Morgan fingerprint density at radius 2 is 1.95 bits per heavy atom. The molecule has 1 aliphatic heterocycles. The molecule has 110 valence electrons. The molecular weight excluding hydrogens is 264 g/mol. The molecule has 0 bridgehead atoms. The van der Waals surface area contributed by atoms with Crippen LogP contribution in [-0.2, 0) is 4.79 Å². The number of piperazine rings is 1. The lowest BCUT2D eigenvalue weighted by Crippen LogP contribution is -2.49. The minimum Gasteiger partial charge on any atom is -0.369 e. The largest absolute Gasteiger partial charge is 0.369 e. The molecule has 1 amide bonds. The van der Waals surface area contributed by atoms with Gasteiger partial charge >= 0.3 is 0 Å². The Bertz CT molecular complexity index is 487. The van der Waals surface area contributed by atoms with Crippen molar-refractivity contribution in [2.45, 2.75) is 13.0 Å². The molecule has 1 saturated heterocycles. The molecule has 2 N–H and O–H groups in total. The van der Waals surface area contributed by atoms with Gasteiger partial charge in [-0.2, -0.15) is 0 Å². The van der Waals surface area contributed by atoms with Gasteiger partial charge in [-0.25, -0.2) is 8.78 Å². The van der Waals surface area contributed by atoms with Crippen molar-refractivity contribution in [1.29, 1.82) is 0 Å². The van der Waals surface area contributed by atoms with E-state index < -0.39 is 11.6 Å². The Hall–Kier alpha value is -1.53. The minimum absolute atomic E-state index is 0.119. The summed E-state index contributed by atoms with van der Waals surface area (Å²) in [7, 11) is 0. The number of hydrogen-bond donors (Lipinski definition) is 1. The van der Waals surface area contributed by atoms with Crippen LogP contribution in [0, 0.1) is 11.6 Å². The quantitative estimate of drug-likeness (QED) is 0.901. The predicted molar refractivity (Wildman–Crippen MR) is 72.0 cm³/mol. The first kappa shape index (κ1) is 14.9. The number of nitrogens with two attached hydrogens (primary N) is 1. The van der Waals surface area contributed by atoms with Crippen molar-refractivity contribution in [2.24, 2.45) is 5.73 Å². The van der Waals surface area contributed by atoms with Crippen molar-refractivity contribution >= 4 is 5.91 Å². The van der Waals surface area contributed by atoms with Gasteiger partial charge in [0, 0.05) is 43.9 Å². The van der Waals surface area contributed by atoms with E-state index >= 15 is 0 Å². The fourth-order valence-electron chi connectivity index (χ4n) is 2.57. The normalized spacial score (nSPS) is 18.9. The lowest BCUT2D eigenvalue weighted by molar-refractivity contribution is -0.119. The van der Waals surface area contributed by atoms with Gasteiger partial charge in [0.15, 0.2) is 0 Å². The van der Waals surface area contributed by atoms with E-state index in [1.54, 1.807) is 0 Å². The standard InChI is InChI=1S/C14H19F2N3O/c1-10(12-3-2-11(15)8-13(12)16)19-6-4-18(5-7-19)9-14(17)20/h2-3,8,10H,4-7,9H2,1H3,(H2,17,20)/t10-/m1/s1. The number of hydrogen-bond acceptors (Lipinski definition) is 3. The summed E-state index contributed by atoms with van der Waals surface area (Å²) in [6.07, 6.45) is 0. The average Bonchev–Trinajstić information content (AvgIpc) is 2.38. The van der Waals surface area contributed by atoms with Crippen LogP contribution in [-0.4, -0.2) is 48.4 Å². The first-order valence-electron chi connectivity index (χ1n) is 6.67. The van der Waals surface area contributed by atoms with E-state index in [1.165, 1.54) is 12.1 Å². The minimum atomic E-state index is -0.565. The van der Waals surface area contributed by atoms with Crippen LogP contribution in [0.4, 0.5) is 8.78 Å². The summed E-state index contributed by atoms with van der Waals surface area (Å²) in [5, 5.41) is 0. The van der Waals surface area contributed by atoms with E-state index in [1.807, 2.05) is 11.8 Å². The highest BCUT2D eigenvalue weighted by Gasteiger charge is 2.24. The van der Waals surface area contributed by atoms with Gasteiger partial charge in [0.2, 0.25) is 5.91 Å². The van der Waals surface area contributed by atoms with Crippen molar-refractivity contribution < 1.29 is 13.6 Å². The number of amides is 1. The van der Waals surface area contributed by atoms with Gasteiger partial charge in [0.25, 0.3) is 0 Å². The summed E-state index contributed by atoms with van der Waals surface area (Å²) in [6, 6.07) is 3.56. The summed E-state index contributed by atoms with van der Waals surface area (Å²) < 4.78 is 26.7. The Balaban J connectivity index is 1.97. The smallest absolute Gasteiger partial charge is 0.231 e. The number of carbonyl (C=O) groups is 1. The van der Waals surface area contributed by atoms with Gasteiger partial charge < -0.3 is 5.73 Å². The highest BCUT2D eigenvalue weighted by atomic mass is 19.1. The number of carbonyl (C=O) groups excluding carboxylic acids is 1. The molecule has 0 unspecified atom stereocenters. The van der Waals surface area contributed by atoms with Gasteiger partial charge in [-0.1, -0.05) is 6.07 Å². The Morgan fingerprint density at radius 1 is 1.30 bits per heavy atom. The van der Waals surface area contributed by atoms with E-state index in [0.29, 0.717) is 5.56 Å². The molecule has 4 nitrogen and oxygen atoms in total. The molecule has 1 heterocycles. The third-order valence-electron chi connectivity index (χ3n) is 3.75. The molecule has 20 heavy (non-hydrogen) atoms. The SMILES string of the molecule is C[C@H](c1ccc(F)cc1F)N1CCN(CC(N)=O)CC1. The lowest BCUT2D eigenvalue weighted by Gasteiger charge is -2.37. The molecule has 0 radical (unpaired) electrons. The lowest BCUT2D eigenvalue weighted by atomic mass is 10.1. The molecule has 1 aromatic rings. The maximum absolute atomic E-state index is 13.8. The summed E-state index contributed by atoms with van der Waals surface area (Å²) >= 11 is 0. The van der Waals surface area contributed by atoms with Crippen molar-refractivity contribution in [3.8, 4) is 0 Å². The van der Waals surface area contributed by atoms with Crippen LogP contribution in [0.1, 0.15) is 18.5 Å². The zero-order valence-electron chi connectivity index (χ0n) is 11.5. The molecular formula is C14H19F2N3O. The second-order valence-corrected chi connectivity index (χ2v) is 5.12. The molecule has 6 heteroatoms. The predicted octanol–water partition coefficient (Wildman–Crippen LogP) is 1.13. The second-order valence-electron chi connectivity index (χ2n) is 5.12. The molecule has 1 atom stereocenters. The summed E-state index contributed by atoms with van der Waals surface area (Å²) in [6.45, 7) is 5.05. The van der Waals surface area contributed by atoms with E-state index in [-0.39, 0.29) is 18.5 Å². The molecule has 1 aromatic carbocycles. The second kappa shape index (κ2) is 6.28. The van der Waals surface area contributed by atoms with Crippen LogP contribution in [0.3, 0.4) is 0 Å².